The van der Waals surface area contributed by atoms with Gasteiger partial charge in [0.1, 0.15) is 60.4 Å². The lowest BCUT2D eigenvalue weighted by Gasteiger charge is -2.33. The van der Waals surface area contributed by atoms with Crippen LogP contribution in [0.15, 0.2) is 30.3 Å². The fraction of sp³-hybridized carbons (Fsp3) is 0.691. The average Bonchev–Trinajstić information content (AvgIpc) is 3.51. The predicted octanol–water partition coefficient (Wildman–Crippen LogP) is -5.50. The topological polar surface area (TPSA) is 491 Å². The third kappa shape index (κ3) is 23.6. The van der Waals surface area contributed by atoms with Crippen LogP contribution in [0.2, 0.25) is 0 Å². The largest absolute Gasteiger partial charge is 0.391 e. The molecule has 1 heterocycles. The zero-order valence-electron chi connectivity index (χ0n) is 50.3. The third-order valence-corrected chi connectivity index (χ3v) is 13.9. The van der Waals surface area contributed by atoms with Crippen molar-refractivity contribution in [3.8, 4) is 0 Å². The highest BCUT2D eigenvalue weighted by atomic mass is 16.3. The van der Waals surface area contributed by atoms with Crippen LogP contribution >= 0.6 is 0 Å². The van der Waals surface area contributed by atoms with Gasteiger partial charge in [0.15, 0.2) is 0 Å². The van der Waals surface area contributed by atoms with Gasteiger partial charge in [-0.1, -0.05) is 76.8 Å². The lowest BCUT2D eigenvalue weighted by molar-refractivity contribution is -0.138. The summed E-state index contributed by atoms with van der Waals surface area (Å²) in [6.07, 6.45) is 0.878. The van der Waals surface area contributed by atoms with E-state index in [1.54, 1.807) is 44.2 Å². The highest BCUT2D eigenvalue weighted by Crippen LogP contribution is 2.12. The van der Waals surface area contributed by atoms with Crippen LogP contribution in [0.25, 0.3) is 0 Å². The Morgan fingerprint density at radius 2 is 0.940 bits per heavy atom. The van der Waals surface area contributed by atoms with Gasteiger partial charge in [0.25, 0.3) is 0 Å². The van der Waals surface area contributed by atoms with Crippen molar-refractivity contribution in [2.75, 3.05) is 0 Å². The highest BCUT2D eigenvalue weighted by Gasteiger charge is 2.41. The van der Waals surface area contributed by atoms with Gasteiger partial charge in [0.05, 0.1) is 18.2 Å². The molecule has 0 bridgehead atoms. The first-order chi connectivity index (χ1) is 39.2. The van der Waals surface area contributed by atoms with E-state index >= 15 is 0 Å². The van der Waals surface area contributed by atoms with Crippen molar-refractivity contribution < 1.29 is 63.0 Å². The lowest BCUT2D eigenvalue weighted by atomic mass is 9.99. The molecule has 1 fully saturated rings. The van der Waals surface area contributed by atoms with Crippen LogP contribution in [0, 0.1) is 5.92 Å². The molecule has 2 rings (SSSR count). The SMILES string of the molecule is CCCCCCCC(=O)N[C@H](C(=O)N[C@H](C(=O)N[C@H](C(=O)N[C@@H]1C(=O)N[C@@H](C(C)N)C(=O)N[C@H](Cc2ccccc2)C(=O)N[C@@H](CC(C)C)C(=O)N[C@@H](C(C)N)C(=O)N[C@@H](C(C)N)C(=O)N[C@@H]([C@@H](C)O)C(=O)NC1C)C(C)N)[C@@H](C)O)C(C)N. The van der Waals surface area contributed by atoms with Gasteiger partial charge in [0, 0.05) is 43.1 Å². The Morgan fingerprint density at radius 1 is 0.512 bits per heavy atom. The standard InChI is InChI=1S/C55H96N16O13/c1-12-13-14-15-19-22-37(74)64-38(26(4)56)49(78)71-45(33(11)73)55(84)68-41(29(7)59)51(80)69-43-31(9)61-54(83)44(32(10)72)70-52(81)42(30(8)60)66-50(79)40(28(6)58)65-47(76)35(23-25(2)3)62-46(75)36(24-34-20-17-16-18-21-34)63-48(77)39(27(5)57)67-53(43)82/h16-18,20-21,25-33,35-36,38-45,72-73H,12-15,19,22-24,56-60H2,1-11H3,(H,61,83)(H,62,75)(H,63,77)(H,64,74)(H,65,76)(H,66,79)(H,67,82)(H,68,84)(H,69,80)(H,70,81)(H,71,78)/t26?,27?,28?,29?,30?,31?,32-,33-,35+,36-,38+,39+,40+,41+,42+,43+,44+,45+/m1/s1. The quantitative estimate of drug-likeness (QED) is 0.0429. The van der Waals surface area contributed by atoms with Gasteiger partial charge < -0.3 is 97.4 Å². The van der Waals surface area contributed by atoms with Crippen molar-refractivity contribution in [2.24, 2.45) is 34.6 Å². The molecule has 11 amide bonds. The molecular weight excluding hydrogens is 1090 g/mol. The molecule has 1 aliphatic heterocycles. The number of carbonyl (C=O) groups is 11. The Balaban J connectivity index is 2.78. The van der Waals surface area contributed by atoms with Crippen molar-refractivity contribution in [1.82, 2.24) is 58.5 Å². The van der Waals surface area contributed by atoms with E-state index in [9.17, 15) is 63.0 Å². The minimum atomic E-state index is -1.96. The van der Waals surface area contributed by atoms with Crippen molar-refractivity contribution in [3.05, 3.63) is 35.9 Å². The number of nitrogens with one attached hydrogen (secondary N) is 11. The van der Waals surface area contributed by atoms with Crippen molar-refractivity contribution >= 4 is 65.0 Å². The summed E-state index contributed by atoms with van der Waals surface area (Å²) < 4.78 is 0. The second kappa shape index (κ2) is 35.4. The van der Waals surface area contributed by atoms with Crippen LogP contribution in [-0.2, 0) is 59.2 Å². The first kappa shape index (κ1) is 73.2. The number of amides is 11. The molecule has 0 radical (unpaired) electrons. The summed E-state index contributed by atoms with van der Waals surface area (Å²) in [5.41, 5.74) is 31.7. The molecule has 29 heteroatoms. The summed E-state index contributed by atoms with van der Waals surface area (Å²) in [4.78, 5) is 155. The second-order valence-corrected chi connectivity index (χ2v) is 22.6. The van der Waals surface area contributed by atoms with Crippen LogP contribution in [0.4, 0.5) is 0 Å². The fourth-order valence-corrected chi connectivity index (χ4v) is 8.95. The number of unbranched alkanes of at least 4 members (excludes halogenated alkanes) is 4. The van der Waals surface area contributed by atoms with E-state index in [1.165, 1.54) is 48.5 Å². The molecule has 474 valence electrons. The summed E-state index contributed by atoms with van der Waals surface area (Å²) in [5.74, 6) is -11.2. The summed E-state index contributed by atoms with van der Waals surface area (Å²) in [6.45, 7) is 16.0. The number of aliphatic hydroxyl groups excluding tert-OH is 2. The Hall–Kier alpha value is -6.89. The van der Waals surface area contributed by atoms with E-state index in [0.29, 0.717) is 12.0 Å². The lowest BCUT2D eigenvalue weighted by Crippen LogP contribution is -2.68. The van der Waals surface area contributed by atoms with E-state index < -0.39 is 174 Å². The molecule has 1 saturated heterocycles. The maximum Gasteiger partial charge on any atom is 0.245 e. The van der Waals surface area contributed by atoms with Crippen molar-refractivity contribution in [1.29, 1.82) is 0 Å². The molecule has 0 aliphatic carbocycles. The van der Waals surface area contributed by atoms with Crippen molar-refractivity contribution in [3.63, 3.8) is 0 Å². The number of rotatable bonds is 24. The van der Waals surface area contributed by atoms with Crippen molar-refractivity contribution in [2.45, 2.75) is 236 Å². The molecule has 0 spiro atoms. The summed E-state index contributed by atoms with van der Waals surface area (Å²) in [7, 11) is 0. The van der Waals surface area contributed by atoms with Gasteiger partial charge in [-0.05, 0) is 79.7 Å². The number of carbonyl (C=O) groups excluding carboxylic acids is 11. The molecule has 1 aliphatic rings. The molecule has 84 heavy (non-hydrogen) atoms. The van der Waals surface area contributed by atoms with Crippen LogP contribution < -0.4 is 87.2 Å². The number of benzene rings is 1. The second-order valence-electron chi connectivity index (χ2n) is 22.6. The molecule has 6 unspecified atom stereocenters. The van der Waals surface area contributed by atoms with E-state index in [2.05, 4.69) is 65.4 Å². The van der Waals surface area contributed by atoms with Gasteiger partial charge in [0.2, 0.25) is 65.0 Å². The Bertz CT molecular complexity index is 2370. The molecule has 0 aromatic heterocycles. The van der Waals surface area contributed by atoms with E-state index in [0.717, 1.165) is 32.6 Å². The smallest absolute Gasteiger partial charge is 0.245 e. The van der Waals surface area contributed by atoms with Crippen LogP contribution in [-0.4, -0.2) is 184 Å². The van der Waals surface area contributed by atoms with Crippen LogP contribution in [0.1, 0.15) is 127 Å². The minimum absolute atomic E-state index is 0.00829. The first-order valence-electron chi connectivity index (χ1n) is 28.7. The Labute approximate surface area is 491 Å². The van der Waals surface area contributed by atoms with E-state index in [-0.39, 0.29) is 25.2 Å². The average molecular weight is 1190 g/mol. The van der Waals surface area contributed by atoms with Crippen LogP contribution in [0.3, 0.4) is 0 Å². The van der Waals surface area contributed by atoms with Gasteiger partial charge >= 0.3 is 0 Å². The molecule has 29 nitrogen and oxygen atoms in total. The summed E-state index contributed by atoms with van der Waals surface area (Å²) in [5, 5.41) is 49.1. The Morgan fingerprint density at radius 3 is 1.43 bits per heavy atom. The number of aliphatic hydroxyl groups is 2. The van der Waals surface area contributed by atoms with E-state index in [1.807, 2.05) is 0 Å². The van der Waals surface area contributed by atoms with Gasteiger partial charge in [-0.2, -0.15) is 0 Å². The molecule has 18 atom stereocenters. The fourth-order valence-electron chi connectivity index (χ4n) is 8.95. The molecule has 1 aromatic rings. The first-order valence-corrected chi connectivity index (χ1v) is 28.7. The van der Waals surface area contributed by atoms with E-state index in [4.69, 9.17) is 28.7 Å². The zero-order chi connectivity index (χ0) is 63.9. The highest BCUT2D eigenvalue weighted by molar-refractivity contribution is 6.00. The molecular formula is C55H96N16O13. The normalized spacial score (nSPS) is 25.3. The maximum absolute atomic E-state index is 14.8. The monoisotopic (exact) mass is 1190 g/mol. The number of hydrogen-bond acceptors (Lipinski definition) is 18. The van der Waals surface area contributed by atoms with Crippen LogP contribution in [0.5, 0.6) is 0 Å². The Kier molecular flexibility index (Phi) is 30.9. The minimum Gasteiger partial charge on any atom is -0.391 e. The van der Waals surface area contributed by atoms with Gasteiger partial charge in [-0.15, -0.1) is 0 Å². The van der Waals surface area contributed by atoms with Gasteiger partial charge in [-0.3, -0.25) is 52.7 Å². The predicted molar refractivity (Wildman–Crippen MR) is 311 cm³/mol. The van der Waals surface area contributed by atoms with Gasteiger partial charge in [-0.25, -0.2) is 0 Å². The number of nitrogens with two attached hydrogens (primary N) is 5. The number of hydrogen-bond donors (Lipinski definition) is 18. The summed E-state index contributed by atoms with van der Waals surface area (Å²) >= 11 is 0. The molecule has 0 saturated carbocycles. The molecule has 1 aromatic carbocycles. The zero-order valence-corrected chi connectivity index (χ0v) is 50.3. The molecule has 23 N–H and O–H groups in total. The third-order valence-electron chi connectivity index (χ3n) is 13.9. The maximum atomic E-state index is 14.8. The summed E-state index contributed by atoms with van der Waals surface area (Å²) in [6, 6.07) is -15.5.